The SMILES string of the molecule is Cc1ccc2nc(C)cc(C(=O)Nc3cn(Cc4ccc(F)cc4)nc3C)c2c1. The molecule has 29 heavy (non-hydrogen) atoms. The molecule has 4 aromatic rings. The molecule has 0 saturated heterocycles. The van der Waals surface area contributed by atoms with Crippen molar-refractivity contribution in [3.05, 3.63) is 88.6 Å². The molecule has 0 aliphatic rings. The zero-order valence-electron chi connectivity index (χ0n) is 16.5. The highest BCUT2D eigenvalue weighted by Crippen LogP contribution is 2.22. The molecule has 0 saturated carbocycles. The maximum Gasteiger partial charge on any atom is 0.256 e. The minimum atomic E-state index is -0.270. The zero-order valence-corrected chi connectivity index (χ0v) is 16.5. The van der Waals surface area contributed by atoms with Gasteiger partial charge in [-0.15, -0.1) is 0 Å². The maximum atomic E-state index is 13.1. The highest BCUT2D eigenvalue weighted by atomic mass is 19.1. The first-order chi connectivity index (χ1) is 13.9. The number of rotatable bonds is 4. The van der Waals surface area contributed by atoms with Crippen LogP contribution in [0, 0.1) is 26.6 Å². The van der Waals surface area contributed by atoms with Crippen molar-refractivity contribution >= 4 is 22.5 Å². The lowest BCUT2D eigenvalue weighted by Gasteiger charge is -2.09. The van der Waals surface area contributed by atoms with Gasteiger partial charge in [0.15, 0.2) is 0 Å². The second-order valence-corrected chi connectivity index (χ2v) is 7.24. The fraction of sp³-hybridized carbons (Fsp3) is 0.174. The molecule has 5 nitrogen and oxygen atoms in total. The smallest absolute Gasteiger partial charge is 0.256 e. The molecular formula is C23H21FN4O. The number of carbonyl (C=O) groups is 1. The van der Waals surface area contributed by atoms with E-state index in [-0.39, 0.29) is 11.7 Å². The molecule has 2 aromatic heterocycles. The summed E-state index contributed by atoms with van der Waals surface area (Å²) >= 11 is 0. The number of nitrogens with zero attached hydrogens (tertiary/aromatic N) is 3. The Kier molecular flexibility index (Phi) is 4.84. The van der Waals surface area contributed by atoms with Crippen molar-refractivity contribution in [3.8, 4) is 0 Å². The van der Waals surface area contributed by atoms with E-state index in [9.17, 15) is 9.18 Å². The van der Waals surface area contributed by atoms with E-state index in [2.05, 4.69) is 15.4 Å². The topological polar surface area (TPSA) is 59.8 Å². The van der Waals surface area contributed by atoms with Crippen LogP contribution in [0.15, 0.2) is 54.7 Å². The summed E-state index contributed by atoms with van der Waals surface area (Å²) in [7, 11) is 0. The molecule has 2 heterocycles. The Morgan fingerprint density at radius 1 is 1.07 bits per heavy atom. The van der Waals surface area contributed by atoms with Gasteiger partial charge in [0.2, 0.25) is 0 Å². The van der Waals surface area contributed by atoms with E-state index in [1.54, 1.807) is 29.1 Å². The van der Waals surface area contributed by atoms with Crippen molar-refractivity contribution < 1.29 is 9.18 Å². The molecule has 6 heteroatoms. The van der Waals surface area contributed by atoms with Crippen LogP contribution < -0.4 is 5.32 Å². The van der Waals surface area contributed by atoms with Crippen molar-refractivity contribution in [2.75, 3.05) is 5.32 Å². The number of amides is 1. The average Bonchev–Trinajstić information content (AvgIpc) is 3.02. The Morgan fingerprint density at radius 3 is 2.59 bits per heavy atom. The second-order valence-electron chi connectivity index (χ2n) is 7.24. The van der Waals surface area contributed by atoms with Crippen LogP contribution in [-0.2, 0) is 6.54 Å². The summed E-state index contributed by atoms with van der Waals surface area (Å²) in [5, 5.41) is 8.26. The van der Waals surface area contributed by atoms with Crippen molar-refractivity contribution in [2.45, 2.75) is 27.3 Å². The van der Waals surface area contributed by atoms with Gasteiger partial charge < -0.3 is 5.32 Å². The number of pyridine rings is 1. The number of benzene rings is 2. The van der Waals surface area contributed by atoms with Gasteiger partial charge in [0.25, 0.3) is 5.91 Å². The lowest BCUT2D eigenvalue weighted by atomic mass is 10.0. The Balaban J connectivity index is 1.61. The van der Waals surface area contributed by atoms with E-state index >= 15 is 0 Å². The number of hydrogen-bond donors (Lipinski definition) is 1. The minimum Gasteiger partial charge on any atom is -0.319 e. The van der Waals surface area contributed by atoms with Crippen LogP contribution in [0.2, 0.25) is 0 Å². The molecule has 0 aliphatic heterocycles. The molecule has 0 bridgehead atoms. The predicted octanol–water partition coefficient (Wildman–Crippen LogP) is 4.80. The third-order valence-electron chi connectivity index (χ3n) is 4.79. The van der Waals surface area contributed by atoms with Crippen LogP contribution in [0.4, 0.5) is 10.1 Å². The standard InChI is InChI=1S/C23H21FN4O/c1-14-4-9-21-19(10-14)20(11-15(2)25-21)23(29)26-22-13-28(27-16(22)3)12-17-5-7-18(24)8-6-17/h4-11,13H,12H2,1-3H3,(H,26,29). The third kappa shape index (κ3) is 4.01. The lowest BCUT2D eigenvalue weighted by Crippen LogP contribution is -2.13. The van der Waals surface area contributed by atoms with Gasteiger partial charge in [-0.25, -0.2) is 4.39 Å². The maximum absolute atomic E-state index is 13.1. The fourth-order valence-electron chi connectivity index (χ4n) is 3.35. The highest BCUT2D eigenvalue weighted by Gasteiger charge is 2.15. The summed E-state index contributed by atoms with van der Waals surface area (Å²) in [6.07, 6.45) is 1.79. The van der Waals surface area contributed by atoms with E-state index in [0.717, 1.165) is 27.7 Å². The molecule has 2 aromatic carbocycles. The van der Waals surface area contributed by atoms with Gasteiger partial charge in [-0.1, -0.05) is 23.8 Å². The van der Waals surface area contributed by atoms with Crippen molar-refractivity contribution in [3.63, 3.8) is 0 Å². The van der Waals surface area contributed by atoms with Crippen LogP contribution in [0.1, 0.15) is 32.9 Å². The Morgan fingerprint density at radius 2 is 1.83 bits per heavy atom. The van der Waals surface area contributed by atoms with Crippen LogP contribution >= 0.6 is 0 Å². The molecule has 4 rings (SSSR count). The van der Waals surface area contributed by atoms with Crippen molar-refractivity contribution in [1.82, 2.24) is 14.8 Å². The van der Waals surface area contributed by atoms with Crippen molar-refractivity contribution in [2.24, 2.45) is 0 Å². The third-order valence-corrected chi connectivity index (χ3v) is 4.79. The number of fused-ring (bicyclic) bond motifs is 1. The van der Waals surface area contributed by atoms with E-state index in [1.807, 2.05) is 39.0 Å². The van der Waals surface area contributed by atoms with Crippen molar-refractivity contribution in [1.29, 1.82) is 0 Å². The number of anilines is 1. The first-order valence-corrected chi connectivity index (χ1v) is 9.37. The monoisotopic (exact) mass is 388 g/mol. The average molecular weight is 388 g/mol. The number of aromatic nitrogens is 3. The minimum absolute atomic E-state index is 0.199. The van der Waals surface area contributed by atoms with Gasteiger partial charge in [-0.2, -0.15) is 5.10 Å². The van der Waals surface area contributed by atoms with E-state index in [4.69, 9.17) is 0 Å². The fourth-order valence-corrected chi connectivity index (χ4v) is 3.35. The number of halogens is 1. The highest BCUT2D eigenvalue weighted by molar-refractivity contribution is 6.12. The molecule has 0 fully saturated rings. The van der Waals surface area contributed by atoms with Gasteiger partial charge >= 0.3 is 0 Å². The summed E-state index contributed by atoms with van der Waals surface area (Å²) in [5.74, 6) is -0.469. The molecular weight excluding hydrogens is 367 g/mol. The number of nitrogens with one attached hydrogen (secondary N) is 1. The Bertz CT molecular complexity index is 1210. The van der Waals surface area contributed by atoms with Crippen LogP contribution in [-0.4, -0.2) is 20.7 Å². The number of hydrogen-bond acceptors (Lipinski definition) is 3. The van der Waals surface area contributed by atoms with E-state index in [0.29, 0.717) is 23.5 Å². The molecule has 1 amide bonds. The quantitative estimate of drug-likeness (QED) is 0.546. The Hall–Kier alpha value is -3.54. The summed E-state index contributed by atoms with van der Waals surface area (Å²) < 4.78 is 14.8. The summed E-state index contributed by atoms with van der Waals surface area (Å²) in [5.41, 5.74) is 5.53. The molecule has 0 radical (unpaired) electrons. The number of aryl methyl sites for hydroxylation is 3. The molecule has 0 unspecified atom stereocenters. The summed E-state index contributed by atoms with van der Waals surface area (Å²) in [6, 6.07) is 14.0. The Labute approximate surface area is 168 Å². The van der Waals surface area contributed by atoms with Gasteiger partial charge in [0, 0.05) is 17.3 Å². The molecule has 146 valence electrons. The van der Waals surface area contributed by atoms with Gasteiger partial charge in [0.05, 0.1) is 29.0 Å². The van der Waals surface area contributed by atoms with E-state index in [1.165, 1.54) is 12.1 Å². The van der Waals surface area contributed by atoms with Gasteiger partial charge in [-0.3, -0.25) is 14.5 Å². The molecule has 1 N–H and O–H groups in total. The first kappa shape index (κ1) is 18.8. The predicted molar refractivity (Wildman–Crippen MR) is 112 cm³/mol. The lowest BCUT2D eigenvalue weighted by molar-refractivity contribution is 0.102. The molecule has 0 aliphatic carbocycles. The zero-order chi connectivity index (χ0) is 20.5. The van der Waals surface area contributed by atoms with Crippen LogP contribution in [0.3, 0.4) is 0 Å². The molecule has 0 spiro atoms. The van der Waals surface area contributed by atoms with Crippen LogP contribution in [0.25, 0.3) is 10.9 Å². The largest absolute Gasteiger partial charge is 0.319 e. The normalized spacial score (nSPS) is 11.0. The first-order valence-electron chi connectivity index (χ1n) is 9.37. The number of carbonyl (C=O) groups excluding carboxylic acids is 1. The molecule has 0 atom stereocenters. The van der Waals surface area contributed by atoms with Crippen LogP contribution in [0.5, 0.6) is 0 Å². The van der Waals surface area contributed by atoms with Gasteiger partial charge in [-0.05, 0) is 56.7 Å². The van der Waals surface area contributed by atoms with Gasteiger partial charge in [0.1, 0.15) is 5.82 Å². The van der Waals surface area contributed by atoms with E-state index < -0.39 is 0 Å². The summed E-state index contributed by atoms with van der Waals surface area (Å²) in [4.78, 5) is 17.5. The second kappa shape index (κ2) is 7.47. The summed E-state index contributed by atoms with van der Waals surface area (Å²) in [6.45, 7) is 6.21.